The topological polar surface area (TPSA) is 66.8 Å². The zero-order chi connectivity index (χ0) is 20.7. The number of aliphatic carboxylic acids is 1. The third-order valence-corrected chi connectivity index (χ3v) is 6.06. The molecule has 30 heavy (non-hydrogen) atoms. The molecular formula is C25H21NO4. The molecule has 1 aliphatic heterocycles. The number of carbonyl (C=O) groups excluding carboxylic acids is 1. The van der Waals surface area contributed by atoms with Gasteiger partial charge in [0.25, 0.3) is 0 Å². The smallest absolute Gasteiger partial charge is 0.414 e. The van der Waals surface area contributed by atoms with E-state index in [1.165, 1.54) is 16.0 Å². The molecule has 1 N–H and O–H groups in total. The summed E-state index contributed by atoms with van der Waals surface area (Å²) in [6.45, 7) is 0.326. The highest BCUT2D eigenvalue weighted by atomic mass is 16.6. The summed E-state index contributed by atoms with van der Waals surface area (Å²) in [6, 6.07) is 23.8. The van der Waals surface area contributed by atoms with Crippen LogP contribution in [0.25, 0.3) is 11.1 Å². The van der Waals surface area contributed by atoms with E-state index in [0.717, 1.165) is 22.4 Å². The van der Waals surface area contributed by atoms with E-state index in [1.54, 1.807) is 0 Å². The number of fused-ring (bicyclic) bond motifs is 4. The molecule has 1 unspecified atom stereocenters. The van der Waals surface area contributed by atoms with Crippen molar-refractivity contribution < 1.29 is 19.4 Å². The molecule has 2 aliphatic rings. The number of hydrogen-bond donors (Lipinski definition) is 1. The second-order valence-corrected chi connectivity index (χ2v) is 7.78. The van der Waals surface area contributed by atoms with Gasteiger partial charge in [0, 0.05) is 12.5 Å². The summed E-state index contributed by atoms with van der Waals surface area (Å²) in [5, 5.41) is 9.51. The van der Waals surface area contributed by atoms with Crippen molar-refractivity contribution in [2.75, 3.05) is 18.1 Å². The maximum absolute atomic E-state index is 13.0. The number of para-hydroxylation sites is 1. The summed E-state index contributed by atoms with van der Waals surface area (Å²) >= 11 is 0. The number of amides is 1. The van der Waals surface area contributed by atoms with Gasteiger partial charge >= 0.3 is 12.1 Å². The summed E-state index contributed by atoms with van der Waals surface area (Å²) in [4.78, 5) is 26.1. The fraction of sp³-hybridized carbons (Fsp3) is 0.200. The van der Waals surface area contributed by atoms with E-state index in [1.807, 2.05) is 48.5 Å². The minimum absolute atomic E-state index is 0.0309. The molecule has 5 heteroatoms. The highest BCUT2D eigenvalue weighted by Gasteiger charge is 2.34. The van der Waals surface area contributed by atoms with Gasteiger partial charge in [0.15, 0.2) is 0 Å². The minimum Gasteiger partial charge on any atom is -0.481 e. The third-order valence-electron chi connectivity index (χ3n) is 6.06. The van der Waals surface area contributed by atoms with Gasteiger partial charge in [-0.05, 0) is 40.3 Å². The van der Waals surface area contributed by atoms with Crippen LogP contribution in [0.4, 0.5) is 10.5 Å². The average Bonchev–Trinajstić information content (AvgIpc) is 3.10. The van der Waals surface area contributed by atoms with Crippen LogP contribution >= 0.6 is 0 Å². The van der Waals surface area contributed by atoms with Crippen LogP contribution in [-0.4, -0.2) is 30.3 Å². The fourth-order valence-electron chi connectivity index (χ4n) is 4.61. The van der Waals surface area contributed by atoms with E-state index in [-0.39, 0.29) is 19.1 Å². The maximum atomic E-state index is 13.0. The number of carboxylic acids is 1. The standard InChI is InChI=1S/C25H21NO4/c27-24(28)17-13-16-7-1-6-12-23(16)26(14-17)25(29)30-15-22-20-10-4-2-8-18(20)19-9-3-5-11-21(19)22/h1-12,17,22H,13-15H2,(H,27,28). The van der Waals surface area contributed by atoms with Crippen LogP contribution in [0.15, 0.2) is 72.8 Å². The van der Waals surface area contributed by atoms with Crippen molar-refractivity contribution >= 4 is 17.7 Å². The van der Waals surface area contributed by atoms with Gasteiger partial charge in [0.2, 0.25) is 0 Å². The summed E-state index contributed by atoms with van der Waals surface area (Å²) in [7, 11) is 0. The highest BCUT2D eigenvalue weighted by Crippen LogP contribution is 2.44. The Morgan fingerprint density at radius 2 is 1.50 bits per heavy atom. The highest BCUT2D eigenvalue weighted by molar-refractivity contribution is 5.91. The monoisotopic (exact) mass is 399 g/mol. The van der Waals surface area contributed by atoms with E-state index in [2.05, 4.69) is 24.3 Å². The van der Waals surface area contributed by atoms with Crippen LogP contribution in [0.1, 0.15) is 22.6 Å². The van der Waals surface area contributed by atoms with Gasteiger partial charge in [-0.2, -0.15) is 0 Å². The van der Waals surface area contributed by atoms with E-state index in [9.17, 15) is 14.7 Å². The normalized spacial score (nSPS) is 17.1. The number of carboxylic acid groups (broad SMARTS) is 1. The Bertz CT molecular complexity index is 1090. The van der Waals surface area contributed by atoms with Crippen molar-refractivity contribution in [2.24, 2.45) is 5.92 Å². The molecule has 0 fully saturated rings. The van der Waals surface area contributed by atoms with Crippen LogP contribution in [0.3, 0.4) is 0 Å². The first kappa shape index (κ1) is 18.4. The molecule has 1 atom stereocenters. The fourth-order valence-corrected chi connectivity index (χ4v) is 4.61. The van der Waals surface area contributed by atoms with Gasteiger partial charge < -0.3 is 9.84 Å². The van der Waals surface area contributed by atoms with Crippen molar-refractivity contribution in [3.63, 3.8) is 0 Å². The Balaban J connectivity index is 1.40. The zero-order valence-corrected chi connectivity index (χ0v) is 16.3. The molecule has 0 radical (unpaired) electrons. The SMILES string of the molecule is O=C(O)C1Cc2ccccc2N(C(=O)OCC2c3ccccc3-c3ccccc32)C1. The van der Waals surface area contributed by atoms with Crippen LogP contribution in [0.2, 0.25) is 0 Å². The van der Waals surface area contributed by atoms with Crippen LogP contribution < -0.4 is 4.90 Å². The lowest BCUT2D eigenvalue weighted by Crippen LogP contribution is -2.43. The summed E-state index contributed by atoms with van der Waals surface area (Å²) < 4.78 is 5.76. The number of benzene rings is 3. The Hall–Kier alpha value is -3.60. The van der Waals surface area contributed by atoms with Gasteiger partial charge in [-0.15, -0.1) is 0 Å². The van der Waals surface area contributed by atoms with Crippen molar-refractivity contribution in [2.45, 2.75) is 12.3 Å². The molecule has 0 bridgehead atoms. The molecule has 1 heterocycles. The van der Waals surface area contributed by atoms with Crippen molar-refractivity contribution in [1.82, 2.24) is 0 Å². The summed E-state index contributed by atoms with van der Waals surface area (Å²) in [5.74, 6) is -1.57. The predicted molar refractivity (Wildman–Crippen MR) is 114 cm³/mol. The summed E-state index contributed by atoms with van der Waals surface area (Å²) in [6.07, 6.45) is -0.0890. The molecule has 150 valence electrons. The second kappa shape index (κ2) is 7.34. The molecule has 0 spiro atoms. The molecule has 3 aromatic carbocycles. The van der Waals surface area contributed by atoms with Crippen LogP contribution in [-0.2, 0) is 16.0 Å². The largest absolute Gasteiger partial charge is 0.481 e. The molecule has 3 aromatic rings. The molecular weight excluding hydrogens is 378 g/mol. The molecule has 0 saturated carbocycles. The Morgan fingerprint density at radius 1 is 0.900 bits per heavy atom. The average molecular weight is 399 g/mol. The lowest BCUT2D eigenvalue weighted by atomic mass is 9.93. The molecule has 5 nitrogen and oxygen atoms in total. The van der Waals surface area contributed by atoms with E-state index in [4.69, 9.17) is 4.74 Å². The van der Waals surface area contributed by atoms with Gasteiger partial charge in [-0.3, -0.25) is 9.69 Å². The Kier molecular flexibility index (Phi) is 4.51. The van der Waals surface area contributed by atoms with Gasteiger partial charge in [-0.1, -0.05) is 66.7 Å². The quantitative estimate of drug-likeness (QED) is 0.693. The lowest BCUT2D eigenvalue weighted by Gasteiger charge is -2.32. The zero-order valence-electron chi connectivity index (χ0n) is 16.3. The number of ether oxygens (including phenoxy) is 1. The Labute approximate surface area is 174 Å². The van der Waals surface area contributed by atoms with Gasteiger partial charge in [0.05, 0.1) is 11.6 Å². The molecule has 1 aliphatic carbocycles. The maximum Gasteiger partial charge on any atom is 0.414 e. The van der Waals surface area contributed by atoms with Gasteiger partial charge in [-0.25, -0.2) is 4.79 Å². The molecule has 5 rings (SSSR count). The Morgan fingerprint density at radius 3 is 2.17 bits per heavy atom. The number of hydrogen-bond acceptors (Lipinski definition) is 3. The molecule has 0 aromatic heterocycles. The van der Waals surface area contributed by atoms with Crippen molar-refractivity contribution in [1.29, 1.82) is 0 Å². The van der Waals surface area contributed by atoms with E-state index in [0.29, 0.717) is 6.42 Å². The first-order chi connectivity index (χ1) is 14.6. The number of rotatable bonds is 3. The number of anilines is 1. The summed E-state index contributed by atoms with van der Waals surface area (Å²) in [5.41, 5.74) is 6.21. The molecule has 1 amide bonds. The first-order valence-corrected chi connectivity index (χ1v) is 10.1. The van der Waals surface area contributed by atoms with Crippen LogP contribution in [0.5, 0.6) is 0 Å². The molecule has 0 saturated heterocycles. The number of nitrogens with zero attached hydrogens (tertiary/aromatic N) is 1. The van der Waals surface area contributed by atoms with Crippen molar-refractivity contribution in [3.8, 4) is 11.1 Å². The van der Waals surface area contributed by atoms with Gasteiger partial charge in [0.1, 0.15) is 6.61 Å². The lowest BCUT2D eigenvalue weighted by molar-refractivity contribution is -0.141. The number of carbonyl (C=O) groups is 2. The van der Waals surface area contributed by atoms with Crippen LogP contribution in [0, 0.1) is 5.92 Å². The first-order valence-electron chi connectivity index (χ1n) is 10.1. The third kappa shape index (κ3) is 3.03. The predicted octanol–water partition coefficient (Wildman–Crippen LogP) is 4.70. The van der Waals surface area contributed by atoms with Crippen molar-refractivity contribution in [3.05, 3.63) is 89.5 Å². The van der Waals surface area contributed by atoms with E-state index < -0.39 is 18.0 Å². The van der Waals surface area contributed by atoms with E-state index >= 15 is 0 Å². The second-order valence-electron chi connectivity index (χ2n) is 7.78. The minimum atomic E-state index is -0.902.